The van der Waals surface area contributed by atoms with Crippen molar-refractivity contribution in [1.82, 2.24) is 10.2 Å². The minimum absolute atomic E-state index is 0.0646. The molecule has 1 heterocycles. The van der Waals surface area contributed by atoms with Crippen LogP contribution in [0.2, 0.25) is 0 Å². The van der Waals surface area contributed by atoms with Gasteiger partial charge in [0.25, 0.3) is 5.91 Å². The van der Waals surface area contributed by atoms with Crippen LogP contribution < -0.4 is 5.32 Å². The molecule has 9 nitrogen and oxygen atoms in total. The van der Waals surface area contributed by atoms with E-state index in [4.69, 9.17) is 19.5 Å². The Kier molecular flexibility index (Phi) is 10.00. The van der Waals surface area contributed by atoms with Crippen molar-refractivity contribution in [1.29, 1.82) is 10.5 Å². The second-order valence-corrected chi connectivity index (χ2v) is 10.3. The number of halogens is 1. The van der Waals surface area contributed by atoms with E-state index in [1.54, 1.807) is 57.2 Å². The highest BCUT2D eigenvalue weighted by atomic mass is 19.1. The number of benzene rings is 2. The number of hydrogen-bond donors (Lipinski definition) is 1. The first-order valence-electron chi connectivity index (χ1n) is 12.6. The Morgan fingerprint density at radius 3 is 2.46 bits per heavy atom. The fourth-order valence-electron chi connectivity index (χ4n) is 4.03. The highest BCUT2D eigenvalue weighted by Crippen LogP contribution is 2.23. The Labute approximate surface area is 228 Å². The van der Waals surface area contributed by atoms with Gasteiger partial charge in [-0.3, -0.25) is 4.79 Å². The molecule has 1 aliphatic heterocycles. The molecule has 206 valence electrons. The first kappa shape index (κ1) is 29.6. The number of ether oxygens (including phenoxy) is 3. The number of carbonyl (C=O) groups is 2. The van der Waals surface area contributed by atoms with Crippen LogP contribution in [0, 0.1) is 28.5 Å². The zero-order valence-electron chi connectivity index (χ0n) is 22.6. The Morgan fingerprint density at radius 2 is 1.87 bits per heavy atom. The predicted molar refractivity (Wildman–Crippen MR) is 141 cm³/mol. The molecule has 2 amide bonds. The average Bonchev–Trinajstić information content (AvgIpc) is 2.88. The Bertz CT molecular complexity index is 1250. The van der Waals surface area contributed by atoms with Crippen molar-refractivity contribution in [2.45, 2.75) is 57.5 Å². The van der Waals surface area contributed by atoms with Gasteiger partial charge in [0.05, 0.1) is 37.0 Å². The summed E-state index contributed by atoms with van der Waals surface area (Å²) in [5.41, 5.74) is 1.41. The minimum atomic E-state index is -1.07. The van der Waals surface area contributed by atoms with Crippen LogP contribution in [0.15, 0.2) is 42.5 Å². The van der Waals surface area contributed by atoms with Crippen molar-refractivity contribution < 1.29 is 28.2 Å². The van der Waals surface area contributed by atoms with E-state index in [9.17, 15) is 19.2 Å². The van der Waals surface area contributed by atoms with Crippen molar-refractivity contribution in [2.75, 3.05) is 26.8 Å². The van der Waals surface area contributed by atoms with Crippen LogP contribution in [0.3, 0.4) is 0 Å². The highest BCUT2D eigenvalue weighted by Gasteiger charge is 2.32. The predicted octanol–water partition coefficient (Wildman–Crippen LogP) is 3.96. The van der Waals surface area contributed by atoms with Gasteiger partial charge in [0.1, 0.15) is 17.5 Å². The number of rotatable bonds is 6. The topological polar surface area (TPSA) is 125 Å². The van der Waals surface area contributed by atoms with Crippen molar-refractivity contribution >= 4 is 12.0 Å². The number of amides is 2. The molecule has 39 heavy (non-hydrogen) atoms. The molecule has 0 spiro atoms. The second-order valence-electron chi connectivity index (χ2n) is 10.3. The SMILES string of the molecule is CO[C@@H]1CCN(C(=O)OC(C)(C)C)C[C@@H](C(=O)N[C@H](C#N)Cc2ccc(-c3ccc(C#N)cc3)cc2F)OC1. The third-order valence-corrected chi connectivity index (χ3v) is 6.16. The second kappa shape index (κ2) is 13.2. The van der Waals surface area contributed by atoms with Gasteiger partial charge in [-0.15, -0.1) is 0 Å². The molecule has 1 N–H and O–H groups in total. The van der Waals surface area contributed by atoms with E-state index in [0.717, 1.165) is 5.56 Å². The lowest BCUT2D eigenvalue weighted by Crippen LogP contribution is -2.52. The summed E-state index contributed by atoms with van der Waals surface area (Å²) < 4.78 is 31.6. The molecule has 1 saturated heterocycles. The highest BCUT2D eigenvalue weighted by molar-refractivity contribution is 5.82. The first-order valence-corrected chi connectivity index (χ1v) is 12.6. The molecule has 10 heteroatoms. The van der Waals surface area contributed by atoms with Crippen molar-refractivity contribution in [3.8, 4) is 23.3 Å². The van der Waals surface area contributed by atoms with E-state index < -0.39 is 35.6 Å². The summed E-state index contributed by atoms with van der Waals surface area (Å²) in [5, 5.41) is 21.3. The van der Waals surface area contributed by atoms with Crippen molar-refractivity contribution in [2.24, 2.45) is 0 Å². The van der Waals surface area contributed by atoms with Crippen LogP contribution in [0.25, 0.3) is 11.1 Å². The number of carbonyl (C=O) groups excluding carboxylic acids is 2. The van der Waals surface area contributed by atoms with Crippen LogP contribution in [-0.2, 0) is 25.4 Å². The molecule has 3 rings (SSSR count). The summed E-state index contributed by atoms with van der Waals surface area (Å²) in [6, 6.07) is 14.4. The molecule has 2 aromatic rings. The molecule has 0 aromatic heterocycles. The van der Waals surface area contributed by atoms with Crippen LogP contribution in [0.5, 0.6) is 0 Å². The molecular formula is C29H33FN4O5. The van der Waals surface area contributed by atoms with Crippen molar-refractivity contribution in [3.05, 3.63) is 59.4 Å². The molecule has 0 radical (unpaired) electrons. The summed E-state index contributed by atoms with van der Waals surface area (Å²) in [4.78, 5) is 27.2. The van der Waals surface area contributed by atoms with Gasteiger partial charge in [-0.05, 0) is 62.1 Å². The molecule has 3 atom stereocenters. The van der Waals surface area contributed by atoms with E-state index in [1.165, 1.54) is 18.1 Å². The molecule has 1 fully saturated rings. The number of nitrogens with one attached hydrogen (secondary N) is 1. The maximum Gasteiger partial charge on any atom is 0.410 e. The molecule has 2 aromatic carbocycles. The Hall–Kier alpha value is -3.99. The summed E-state index contributed by atoms with van der Waals surface area (Å²) in [7, 11) is 1.52. The van der Waals surface area contributed by atoms with E-state index in [1.807, 2.05) is 12.1 Å². The van der Waals surface area contributed by atoms with Gasteiger partial charge in [-0.25, -0.2) is 9.18 Å². The summed E-state index contributed by atoms with van der Waals surface area (Å²) in [6.07, 6.45) is -1.55. The van der Waals surface area contributed by atoms with Gasteiger partial charge < -0.3 is 24.4 Å². The molecule has 0 unspecified atom stereocenters. The number of nitrogens with zero attached hydrogens (tertiary/aromatic N) is 3. The van der Waals surface area contributed by atoms with E-state index in [0.29, 0.717) is 24.1 Å². The lowest BCUT2D eigenvalue weighted by molar-refractivity contribution is -0.139. The number of hydrogen-bond acceptors (Lipinski definition) is 7. The first-order chi connectivity index (χ1) is 18.5. The molecule has 1 aliphatic rings. The van der Waals surface area contributed by atoms with Gasteiger partial charge >= 0.3 is 6.09 Å². The van der Waals surface area contributed by atoms with Gasteiger partial charge in [0.2, 0.25) is 0 Å². The Balaban J connectivity index is 1.70. The Morgan fingerprint density at radius 1 is 1.18 bits per heavy atom. The summed E-state index contributed by atoms with van der Waals surface area (Å²) in [5.74, 6) is -1.12. The largest absolute Gasteiger partial charge is 0.444 e. The van der Waals surface area contributed by atoms with E-state index >= 15 is 0 Å². The van der Waals surface area contributed by atoms with E-state index in [2.05, 4.69) is 5.32 Å². The van der Waals surface area contributed by atoms with E-state index in [-0.39, 0.29) is 31.2 Å². The zero-order chi connectivity index (χ0) is 28.6. The van der Waals surface area contributed by atoms with Crippen molar-refractivity contribution in [3.63, 3.8) is 0 Å². The average molecular weight is 537 g/mol. The normalized spacial score (nSPS) is 18.6. The number of nitriles is 2. The summed E-state index contributed by atoms with van der Waals surface area (Å²) in [6.45, 7) is 5.63. The fraction of sp³-hybridized carbons (Fsp3) is 0.448. The standard InChI is InChI=1S/C29H33FN4O5/c1-29(2,3)39-28(36)34-12-11-24(37-4)18-38-26(17-34)27(35)33-23(16-32)13-22-10-9-21(14-25(22)30)20-7-5-19(15-31)6-8-20/h5-10,14,23-24,26H,11-13,17-18H2,1-4H3,(H,33,35)/t23-,24+,26-/m0/s1. The molecular weight excluding hydrogens is 503 g/mol. The lowest BCUT2D eigenvalue weighted by Gasteiger charge is -2.33. The zero-order valence-corrected chi connectivity index (χ0v) is 22.6. The lowest BCUT2D eigenvalue weighted by atomic mass is 9.99. The number of methoxy groups -OCH3 is 1. The van der Waals surface area contributed by atoms with Gasteiger partial charge in [0.15, 0.2) is 6.10 Å². The maximum atomic E-state index is 15.0. The maximum absolute atomic E-state index is 15.0. The quantitative estimate of drug-likeness (QED) is 0.593. The minimum Gasteiger partial charge on any atom is -0.444 e. The molecule has 0 bridgehead atoms. The van der Waals surface area contributed by atoms with Gasteiger partial charge in [-0.1, -0.05) is 24.3 Å². The third-order valence-electron chi connectivity index (χ3n) is 6.16. The van der Waals surface area contributed by atoms with Crippen LogP contribution >= 0.6 is 0 Å². The van der Waals surface area contributed by atoms with Crippen LogP contribution in [0.1, 0.15) is 38.3 Å². The van der Waals surface area contributed by atoms with Crippen LogP contribution in [0.4, 0.5) is 9.18 Å². The van der Waals surface area contributed by atoms with Gasteiger partial charge in [-0.2, -0.15) is 10.5 Å². The summed E-state index contributed by atoms with van der Waals surface area (Å²) >= 11 is 0. The fourth-order valence-corrected chi connectivity index (χ4v) is 4.03. The van der Waals surface area contributed by atoms with Gasteiger partial charge in [0, 0.05) is 20.1 Å². The monoisotopic (exact) mass is 536 g/mol. The smallest absolute Gasteiger partial charge is 0.410 e. The third kappa shape index (κ3) is 8.51. The van der Waals surface area contributed by atoms with Crippen LogP contribution in [-0.4, -0.2) is 67.6 Å². The molecule has 0 saturated carbocycles. The molecule has 0 aliphatic carbocycles.